The fourth-order valence-corrected chi connectivity index (χ4v) is 2.04. The average molecular weight is 280 g/mol. The van der Waals surface area contributed by atoms with Crippen molar-refractivity contribution in [2.75, 3.05) is 13.2 Å². The molecular formula is C17H30NO2+. The third-order valence-corrected chi connectivity index (χ3v) is 4.13. The molecule has 114 valence electrons. The van der Waals surface area contributed by atoms with Crippen LogP contribution in [0.25, 0.3) is 0 Å². The maximum atomic E-state index is 10.0. The first-order valence-corrected chi connectivity index (χ1v) is 7.54. The number of hydrogen-bond acceptors (Lipinski definition) is 2. The molecule has 3 nitrogen and oxygen atoms in total. The predicted octanol–water partition coefficient (Wildman–Crippen LogP) is 1.96. The molecule has 0 heterocycles. The molecule has 20 heavy (non-hydrogen) atoms. The lowest BCUT2D eigenvalue weighted by Crippen LogP contribution is -2.92. The molecule has 1 aromatic rings. The largest absolute Gasteiger partial charge is 0.490 e. The van der Waals surface area contributed by atoms with Crippen molar-refractivity contribution < 1.29 is 15.2 Å². The summed E-state index contributed by atoms with van der Waals surface area (Å²) < 4.78 is 5.83. The summed E-state index contributed by atoms with van der Waals surface area (Å²) in [6.45, 7) is 13.8. The Morgan fingerprint density at radius 2 is 1.70 bits per heavy atom. The molecule has 1 aromatic carbocycles. The van der Waals surface area contributed by atoms with Gasteiger partial charge in [0.2, 0.25) is 0 Å². The lowest BCUT2D eigenvalue weighted by atomic mass is 10.1. The van der Waals surface area contributed by atoms with Crippen molar-refractivity contribution in [3.05, 3.63) is 28.8 Å². The van der Waals surface area contributed by atoms with E-state index < -0.39 is 6.10 Å². The maximum Gasteiger partial charge on any atom is 0.137 e. The fourth-order valence-electron chi connectivity index (χ4n) is 2.04. The van der Waals surface area contributed by atoms with Gasteiger partial charge < -0.3 is 15.2 Å². The van der Waals surface area contributed by atoms with Crippen molar-refractivity contribution >= 4 is 0 Å². The van der Waals surface area contributed by atoms with Crippen LogP contribution in [0.2, 0.25) is 0 Å². The maximum absolute atomic E-state index is 10.0. The number of aliphatic hydroxyl groups is 1. The second-order valence-corrected chi connectivity index (χ2v) is 6.19. The number of nitrogens with two attached hydrogens (primary N) is 1. The summed E-state index contributed by atoms with van der Waals surface area (Å²) in [7, 11) is 0. The Kier molecular flexibility index (Phi) is 6.50. The van der Waals surface area contributed by atoms with Crippen LogP contribution in [-0.2, 0) is 0 Å². The molecule has 3 heteroatoms. The number of quaternary nitrogens is 1. The van der Waals surface area contributed by atoms with Crippen LogP contribution in [0.1, 0.15) is 37.5 Å². The minimum absolute atomic E-state index is 0.354. The number of rotatable bonds is 7. The van der Waals surface area contributed by atoms with Gasteiger partial charge in [0.05, 0.1) is 6.04 Å². The van der Waals surface area contributed by atoms with Gasteiger partial charge in [-0.15, -0.1) is 0 Å². The van der Waals surface area contributed by atoms with Gasteiger partial charge in [0.25, 0.3) is 0 Å². The van der Waals surface area contributed by atoms with Gasteiger partial charge in [-0.2, -0.15) is 0 Å². The van der Waals surface area contributed by atoms with Crippen LogP contribution in [0.5, 0.6) is 5.75 Å². The van der Waals surface area contributed by atoms with E-state index in [1.807, 2.05) is 6.92 Å². The smallest absolute Gasteiger partial charge is 0.137 e. The molecule has 1 rings (SSSR count). The average Bonchev–Trinajstić information content (AvgIpc) is 2.40. The zero-order valence-corrected chi connectivity index (χ0v) is 13.7. The lowest BCUT2D eigenvalue weighted by Gasteiger charge is -2.19. The van der Waals surface area contributed by atoms with Crippen LogP contribution >= 0.6 is 0 Å². The van der Waals surface area contributed by atoms with Crippen molar-refractivity contribution in [3.8, 4) is 5.75 Å². The van der Waals surface area contributed by atoms with E-state index in [0.717, 1.165) is 16.9 Å². The summed E-state index contributed by atoms with van der Waals surface area (Å²) in [4.78, 5) is 0. The van der Waals surface area contributed by atoms with Crippen LogP contribution in [0.15, 0.2) is 12.1 Å². The number of hydrogen-bond donors (Lipinski definition) is 2. The molecule has 0 aromatic heterocycles. The minimum atomic E-state index is -0.435. The van der Waals surface area contributed by atoms with E-state index in [1.54, 1.807) is 0 Å². The third kappa shape index (κ3) is 4.80. The molecule has 3 N–H and O–H groups in total. The van der Waals surface area contributed by atoms with E-state index in [4.69, 9.17) is 4.74 Å². The van der Waals surface area contributed by atoms with E-state index in [0.29, 0.717) is 25.1 Å². The second-order valence-electron chi connectivity index (χ2n) is 6.19. The highest BCUT2D eigenvalue weighted by Gasteiger charge is 2.15. The zero-order chi connectivity index (χ0) is 15.3. The van der Waals surface area contributed by atoms with Gasteiger partial charge in [-0.3, -0.25) is 0 Å². The van der Waals surface area contributed by atoms with Crippen molar-refractivity contribution in [3.63, 3.8) is 0 Å². The van der Waals surface area contributed by atoms with E-state index in [9.17, 15) is 5.11 Å². The Morgan fingerprint density at radius 3 is 2.30 bits per heavy atom. The number of aliphatic hydroxyl groups excluding tert-OH is 1. The molecule has 0 bridgehead atoms. The van der Waals surface area contributed by atoms with Crippen molar-refractivity contribution in [1.29, 1.82) is 0 Å². The van der Waals surface area contributed by atoms with Crippen LogP contribution in [0.4, 0.5) is 0 Å². The Bertz CT molecular complexity index is 429. The Morgan fingerprint density at radius 1 is 1.10 bits per heavy atom. The minimum Gasteiger partial charge on any atom is -0.490 e. The van der Waals surface area contributed by atoms with E-state index in [2.05, 4.69) is 52.1 Å². The SMILES string of the molecule is Cc1ccc(C)c(OC[C@H](O)C[NH2+][C@H](C)C(C)C)c1C. The highest BCUT2D eigenvalue weighted by Crippen LogP contribution is 2.25. The molecule has 0 aliphatic heterocycles. The van der Waals surface area contributed by atoms with E-state index >= 15 is 0 Å². The van der Waals surface area contributed by atoms with E-state index in [1.165, 1.54) is 5.56 Å². The molecule has 0 spiro atoms. The Balaban J connectivity index is 2.49. The van der Waals surface area contributed by atoms with Gasteiger partial charge in [-0.25, -0.2) is 0 Å². The quantitative estimate of drug-likeness (QED) is 0.802. The first-order chi connectivity index (χ1) is 9.32. The zero-order valence-electron chi connectivity index (χ0n) is 13.7. The van der Waals surface area contributed by atoms with Crippen LogP contribution < -0.4 is 10.1 Å². The molecule has 0 fully saturated rings. The third-order valence-electron chi connectivity index (χ3n) is 4.13. The van der Waals surface area contributed by atoms with Gasteiger partial charge >= 0.3 is 0 Å². The summed E-state index contributed by atoms with van der Waals surface area (Å²) in [6.07, 6.45) is -0.435. The lowest BCUT2D eigenvalue weighted by molar-refractivity contribution is -0.697. The molecule has 0 amide bonds. The highest BCUT2D eigenvalue weighted by molar-refractivity contribution is 5.44. The Hall–Kier alpha value is -1.06. The molecule has 2 atom stereocenters. The second kappa shape index (κ2) is 7.65. The summed E-state index contributed by atoms with van der Waals surface area (Å²) in [6, 6.07) is 4.69. The molecule has 0 saturated heterocycles. The summed E-state index contributed by atoms with van der Waals surface area (Å²) in [5.41, 5.74) is 3.51. The molecular weight excluding hydrogens is 250 g/mol. The van der Waals surface area contributed by atoms with Crippen molar-refractivity contribution in [1.82, 2.24) is 0 Å². The van der Waals surface area contributed by atoms with Crippen LogP contribution in [0, 0.1) is 26.7 Å². The summed E-state index contributed by atoms with van der Waals surface area (Å²) >= 11 is 0. The fraction of sp³-hybridized carbons (Fsp3) is 0.647. The van der Waals surface area contributed by atoms with Gasteiger partial charge in [0.15, 0.2) is 0 Å². The first kappa shape index (κ1) is 17.0. The number of aryl methyl sites for hydroxylation is 2. The first-order valence-electron chi connectivity index (χ1n) is 7.54. The summed E-state index contributed by atoms with van der Waals surface area (Å²) in [5.74, 6) is 1.53. The van der Waals surface area contributed by atoms with Gasteiger partial charge in [-0.1, -0.05) is 26.0 Å². The monoisotopic (exact) mass is 280 g/mol. The van der Waals surface area contributed by atoms with Gasteiger partial charge in [0, 0.05) is 5.92 Å². The molecule has 0 saturated carbocycles. The van der Waals surface area contributed by atoms with E-state index in [-0.39, 0.29) is 0 Å². The Labute approximate surface area is 123 Å². The van der Waals surface area contributed by atoms with Crippen LogP contribution in [-0.4, -0.2) is 30.4 Å². The predicted molar refractivity (Wildman–Crippen MR) is 83.2 cm³/mol. The molecule has 0 unspecified atom stereocenters. The van der Waals surface area contributed by atoms with Crippen molar-refractivity contribution in [2.45, 2.75) is 53.7 Å². The van der Waals surface area contributed by atoms with Gasteiger partial charge in [-0.05, 0) is 44.4 Å². The normalized spacial score (nSPS) is 14.4. The van der Waals surface area contributed by atoms with Crippen LogP contribution in [0.3, 0.4) is 0 Å². The standard InChI is InChI=1S/C17H29NO2/c1-11(2)15(6)18-9-16(19)10-20-17-13(4)8-7-12(3)14(17)5/h7-8,11,15-16,18-19H,9-10H2,1-6H3/p+1/t15-,16-/m1/s1. The summed E-state index contributed by atoms with van der Waals surface area (Å²) in [5, 5.41) is 12.2. The van der Waals surface area contributed by atoms with Gasteiger partial charge in [0.1, 0.15) is 25.0 Å². The van der Waals surface area contributed by atoms with Crippen molar-refractivity contribution in [2.24, 2.45) is 5.92 Å². The number of ether oxygens (including phenoxy) is 1. The highest BCUT2D eigenvalue weighted by atomic mass is 16.5. The molecule has 0 aliphatic rings. The number of benzene rings is 1. The topological polar surface area (TPSA) is 46.1 Å². The molecule has 0 radical (unpaired) electrons. The molecule has 0 aliphatic carbocycles.